The average Bonchev–Trinajstić information content (AvgIpc) is 2.75. The molecule has 0 aliphatic rings. The predicted molar refractivity (Wildman–Crippen MR) is 78.7 cm³/mol. The molecule has 1 aromatic carbocycles. The molecule has 3 rings (SSSR count). The van der Waals surface area contributed by atoms with Crippen LogP contribution in [0.1, 0.15) is 11.1 Å². The predicted octanol–water partition coefficient (Wildman–Crippen LogP) is 2.46. The van der Waals surface area contributed by atoms with E-state index in [-0.39, 0.29) is 0 Å². The van der Waals surface area contributed by atoms with Crippen LogP contribution in [0.25, 0.3) is 16.9 Å². The zero-order valence-electron chi connectivity index (χ0n) is 11.5. The van der Waals surface area contributed by atoms with Crippen LogP contribution in [0.2, 0.25) is 0 Å². The van der Waals surface area contributed by atoms with Gasteiger partial charge < -0.3 is 10.5 Å². The highest BCUT2D eigenvalue weighted by Gasteiger charge is 2.14. The number of hydrogen-bond donors (Lipinski definition) is 1. The number of nitrogen functional groups attached to an aromatic ring is 1. The SMILES string of the molecule is COCc1ccccc1-n1c(N)nc2cc(C)cnc21. The van der Waals surface area contributed by atoms with E-state index in [1.807, 2.05) is 48.0 Å². The lowest BCUT2D eigenvalue weighted by molar-refractivity contribution is 0.185. The maximum Gasteiger partial charge on any atom is 0.207 e. The van der Waals surface area contributed by atoms with Crippen LogP contribution in [0.5, 0.6) is 0 Å². The molecule has 0 atom stereocenters. The number of benzene rings is 1. The molecule has 0 aliphatic carbocycles. The summed E-state index contributed by atoms with van der Waals surface area (Å²) >= 11 is 0. The molecule has 2 aromatic heterocycles. The van der Waals surface area contributed by atoms with Crippen molar-refractivity contribution in [1.29, 1.82) is 0 Å². The van der Waals surface area contributed by atoms with Crippen LogP contribution in [0.15, 0.2) is 36.5 Å². The number of methoxy groups -OCH3 is 1. The van der Waals surface area contributed by atoms with E-state index >= 15 is 0 Å². The van der Waals surface area contributed by atoms with Gasteiger partial charge in [0.2, 0.25) is 5.95 Å². The molecular formula is C15H16N4O. The number of imidazole rings is 1. The minimum Gasteiger partial charge on any atom is -0.380 e. The van der Waals surface area contributed by atoms with Crippen LogP contribution in [0.3, 0.4) is 0 Å². The second-order valence-electron chi connectivity index (χ2n) is 4.72. The highest BCUT2D eigenvalue weighted by Crippen LogP contribution is 2.24. The number of aryl methyl sites for hydroxylation is 1. The molecule has 0 saturated heterocycles. The van der Waals surface area contributed by atoms with E-state index in [1.54, 1.807) is 7.11 Å². The monoisotopic (exact) mass is 268 g/mol. The summed E-state index contributed by atoms with van der Waals surface area (Å²) in [5, 5.41) is 0. The molecule has 0 radical (unpaired) electrons. The van der Waals surface area contributed by atoms with Gasteiger partial charge in [-0.25, -0.2) is 9.97 Å². The highest BCUT2D eigenvalue weighted by atomic mass is 16.5. The van der Waals surface area contributed by atoms with Crippen molar-refractivity contribution in [2.75, 3.05) is 12.8 Å². The molecule has 5 heteroatoms. The fraction of sp³-hybridized carbons (Fsp3) is 0.200. The standard InChI is InChI=1S/C15H16N4O/c1-10-7-12-14(17-8-10)19(15(16)18-12)13-6-4-3-5-11(13)9-20-2/h3-8H,9H2,1-2H3,(H2,16,18). The Morgan fingerprint density at radius 2 is 2.10 bits per heavy atom. The Hall–Kier alpha value is -2.40. The van der Waals surface area contributed by atoms with Gasteiger partial charge in [-0.05, 0) is 24.6 Å². The fourth-order valence-corrected chi connectivity index (χ4v) is 2.33. The van der Waals surface area contributed by atoms with Gasteiger partial charge in [0.15, 0.2) is 5.65 Å². The van der Waals surface area contributed by atoms with Gasteiger partial charge >= 0.3 is 0 Å². The van der Waals surface area contributed by atoms with Crippen molar-refractivity contribution in [2.45, 2.75) is 13.5 Å². The lowest BCUT2D eigenvalue weighted by atomic mass is 10.2. The minimum atomic E-state index is 0.432. The van der Waals surface area contributed by atoms with Gasteiger partial charge in [-0.1, -0.05) is 18.2 Å². The van der Waals surface area contributed by atoms with Crippen molar-refractivity contribution in [2.24, 2.45) is 0 Å². The zero-order chi connectivity index (χ0) is 14.1. The number of anilines is 1. The molecule has 0 fully saturated rings. The molecule has 2 N–H and O–H groups in total. The van der Waals surface area contributed by atoms with Crippen molar-refractivity contribution in [3.63, 3.8) is 0 Å². The third kappa shape index (κ3) is 2.02. The summed E-state index contributed by atoms with van der Waals surface area (Å²) in [4.78, 5) is 8.85. The summed E-state index contributed by atoms with van der Waals surface area (Å²) in [5.74, 6) is 0.432. The Kier molecular flexibility index (Phi) is 3.12. The average molecular weight is 268 g/mol. The van der Waals surface area contributed by atoms with Gasteiger partial charge in [-0.3, -0.25) is 4.57 Å². The maximum absolute atomic E-state index is 6.07. The van der Waals surface area contributed by atoms with E-state index in [4.69, 9.17) is 10.5 Å². The van der Waals surface area contributed by atoms with Gasteiger partial charge in [-0.2, -0.15) is 0 Å². The third-order valence-corrected chi connectivity index (χ3v) is 3.19. The lowest BCUT2D eigenvalue weighted by Gasteiger charge is -2.11. The number of nitrogens with zero attached hydrogens (tertiary/aromatic N) is 3. The molecule has 20 heavy (non-hydrogen) atoms. The quantitative estimate of drug-likeness (QED) is 0.792. The summed E-state index contributed by atoms with van der Waals surface area (Å²) in [6.07, 6.45) is 1.82. The number of nitrogens with two attached hydrogens (primary N) is 1. The van der Waals surface area contributed by atoms with Crippen molar-refractivity contribution >= 4 is 17.1 Å². The minimum absolute atomic E-state index is 0.432. The molecule has 0 aliphatic heterocycles. The lowest BCUT2D eigenvalue weighted by Crippen LogP contribution is -2.05. The first-order valence-corrected chi connectivity index (χ1v) is 6.38. The van der Waals surface area contributed by atoms with Crippen LogP contribution in [0.4, 0.5) is 5.95 Å². The zero-order valence-corrected chi connectivity index (χ0v) is 11.5. The Morgan fingerprint density at radius 1 is 1.30 bits per heavy atom. The Morgan fingerprint density at radius 3 is 2.90 bits per heavy atom. The fourth-order valence-electron chi connectivity index (χ4n) is 2.33. The third-order valence-electron chi connectivity index (χ3n) is 3.19. The summed E-state index contributed by atoms with van der Waals surface area (Å²) in [7, 11) is 1.67. The highest BCUT2D eigenvalue weighted by molar-refractivity contribution is 5.77. The van der Waals surface area contributed by atoms with E-state index in [0.29, 0.717) is 12.6 Å². The van der Waals surface area contributed by atoms with E-state index in [2.05, 4.69) is 9.97 Å². The Labute approximate surface area is 117 Å². The van der Waals surface area contributed by atoms with Crippen LogP contribution >= 0.6 is 0 Å². The van der Waals surface area contributed by atoms with Crippen molar-refractivity contribution in [3.05, 3.63) is 47.7 Å². The normalized spacial score (nSPS) is 11.1. The van der Waals surface area contributed by atoms with Gasteiger partial charge in [0.1, 0.15) is 5.52 Å². The molecule has 0 saturated carbocycles. The number of pyridine rings is 1. The molecule has 0 amide bonds. The maximum atomic E-state index is 6.07. The van der Waals surface area contributed by atoms with Gasteiger partial charge in [0, 0.05) is 18.9 Å². The van der Waals surface area contributed by atoms with Crippen LogP contribution in [-0.4, -0.2) is 21.6 Å². The first-order valence-electron chi connectivity index (χ1n) is 6.38. The number of hydrogen-bond acceptors (Lipinski definition) is 4. The van der Waals surface area contributed by atoms with Crippen molar-refractivity contribution < 1.29 is 4.74 Å². The molecule has 3 aromatic rings. The topological polar surface area (TPSA) is 66.0 Å². The molecular weight excluding hydrogens is 252 g/mol. The van der Waals surface area contributed by atoms with E-state index in [9.17, 15) is 0 Å². The van der Waals surface area contributed by atoms with Crippen LogP contribution < -0.4 is 5.73 Å². The van der Waals surface area contributed by atoms with Crippen molar-refractivity contribution in [1.82, 2.24) is 14.5 Å². The first kappa shape index (κ1) is 12.6. The van der Waals surface area contributed by atoms with E-state index in [1.165, 1.54) is 0 Å². The van der Waals surface area contributed by atoms with Gasteiger partial charge in [0.25, 0.3) is 0 Å². The van der Waals surface area contributed by atoms with Crippen molar-refractivity contribution in [3.8, 4) is 5.69 Å². The van der Waals surface area contributed by atoms with Gasteiger partial charge in [0.05, 0.1) is 12.3 Å². The summed E-state index contributed by atoms with van der Waals surface area (Å²) in [5.41, 5.74) is 10.7. The first-order chi connectivity index (χ1) is 9.70. The van der Waals surface area contributed by atoms with Gasteiger partial charge in [-0.15, -0.1) is 0 Å². The second-order valence-corrected chi connectivity index (χ2v) is 4.72. The van der Waals surface area contributed by atoms with E-state index < -0.39 is 0 Å². The second kappa shape index (κ2) is 4.94. The number of rotatable bonds is 3. The Bertz CT molecular complexity index is 764. The number of aromatic nitrogens is 3. The molecule has 102 valence electrons. The molecule has 5 nitrogen and oxygen atoms in total. The summed E-state index contributed by atoms with van der Waals surface area (Å²) < 4.78 is 7.11. The van der Waals surface area contributed by atoms with Crippen LogP contribution in [-0.2, 0) is 11.3 Å². The number of fused-ring (bicyclic) bond motifs is 1. The smallest absolute Gasteiger partial charge is 0.207 e. The molecule has 2 heterocycles. The number of para-hydroxylation sites is 1. The molecule has 0 unspecified atom stereocenters. The largest absolute Gasteiger partial charge is 0.380 e. The van der Waals surface area contributed by atoms with Crippen LogP contribution in [0, 0.1) is 6.92 Å². The van der Waals surface area contributed by atoms with E-state index in [0.717, 1.165) is 28.0 Å². The Balaban J connectivity index is 2.27. The summed E-state index contributed by atoms with van der Waals surface area (Å²) in [6, 6.07) is 9.93. The summed E-state index contributed by atoms with van der Waals surface area (Å²) in [6.45, 7) is 2.50. The molecule has 0 spiro atoms. The number of ether oxygens (including phenoxy) is 1. The molecule has 0 bridgehead atoms.